The highest BCUT2D eigenvalue weighted by Crippen LogP contribution is 2.15. The molecule has 178 valence electrons. The quantitative estimate of drug-likeness (QED) is 0.412. The molecule has 5 nitrogen and oxygen atoms in total. The van der Waals surface area contributed by atoms with E-state index in [1.807, 2.05) is 65.6 Å². The van der Waals surface area contributed by atoms with Gasteiger partial charge in [0.2, 0.25) is 0 Å². The van der Waals surface area contributed by atoms with Gasteiger partial charge in [0, 0.05) is 31.2 Å². The molecule has 2 N–H and O–H groups in total. The van der Waals surface area contributed by atoms with Crippen molar-refractivity contribution in [3.8, 4) is 5.75 Å². The molecule has 3 aromatic rings. The molecular weight excluding hydrogens is 422 g/mol. The minimum absolute atomic E-state index is 0.152. The van der Waals surface area contributed by atoms with Crippen LogP contribution >= 0.6 is 0 Å². The van der Waals surface area contributed by atoms with E-state index in [9.17, 15) is 4.79 Å². The molecule has 1 heterocycles. The highest BCUT2D eigenvalue weighted by atomic mass is 16.5. The molecule has 4 rings (SSSR count). The van der Waals surface area contributed by atoms with Crippen LogP contribution in [0.5, 0.6) is 5.75 Å². The molecule has 0 spiro atoms. The zero-order valence-corrected chi connectivity index (χ0v) is 19.8. The number of ether oxygens (including phenoxy) is 1. The maximum Gasteiger partial charge on any atom is 0.253 e. The summed E-state index contributed by atoms with van der Waals surface area (Å²) in [6.07, 6.45) is 3.12. The highest BCUT2D eigenvalue weighted by molar-refractivity contribution is 5.94. The number of hydrogen-bond acceptors (Lipinski definition) is 4. The average molecular weight is 458 g/mol. The predicted molar refractivity (Wildman–Crippen MR) is 137 cm³/mol. The van der Waals surface area contributed by atoms with Crippen LogP contribution < -0.4 is 15.4 Å². The van der Waals surface area contributed by atoms with Crippen LogP contribution in [0.25, 0.3) is 0 Å². The molecule has 1 fully saturated rings. The number of nitrogens with one attached hydrogen (secondary N) is 2. The summed E-state index contributed by atoms with van der Waals surface area (Å²) < 4.78 is 5.85. The van der Waals surface area contributed by atoms with Crippen LogP contribution in [-0.2, 0) is 13.2 Å². The fourth-order valence-corrected chi connectivity index (χ4v) is 4.25. The molecule has 0 bridgehead atoms. The molecule has 1 aliphatic heterocycles. The molecule has 34 heavy (non-hydrogen) atoms. The van der Waals surface area contributed by atoms with Gasteiger partial charge < -0.3 is 20.3 Å². The largest absolute Gasteiger partial charge is 0.489 e. The van der Waals surface area contributed by atoms with Gasteiger partial charge in [-0.2, -0.15) is 0 Å². The van der Waals surface area contributed by atoms with Crippen molar-refractivity contribution in [2.24, 2.45) is 0 Å². The number of amides is 1. The van der Waals surface area contributed by atoms with Crippen molar-refractivity contribution in [1.29, 1.82) is 0 Å². The second kappa shape index (κ2) is 12.9. The van der Waals surface area contributed by atoms with Crippen molar-refractivity contribution in [2.75, 3.05) is 26.2 Å². The first-order chi connectivity index (χ1) is 16.8. The number of hydrogen-bond donors (Lipinski definition) is 2. The van der Waals surface area contributed by atoms with Gasteiger partial charge in [-0.1, -0.05) is 60.7 Å². The van der Waals surface area contributed by atoms with E-state index in [1.54, 1.807) is 0 Å². The standard InChI is InChI=1S/C29H35N3O2/c33-29(26-10-5-2-6-11-26)32-20-16-27(17-21-32)31-19-7-18-30-22-24-12-14-28(15-13-24)34-23-25-8-3-1-4-9-25/h1-6,8-15,27,30-31H,7,16-23H2. The Hall–Kier alpha value is -3.15. The van der Waals surface area contributed by atoms with E-state index in [4.69, 9.17) is 4.74 Å². The molecule has 0 atom stereocenters. The monoisotopic (exact) mass is 457 g/mol. The van der Waals surface area contributed by atoms with Gasteiger partial charge in [-0.15, -0.1) is 0 Å². The molecule has 5 heteroatoms. The Balaban J connectivity index is 1.05. The average Bonchev–Trinajstić information content (AvgIpc) is 2.91. The van der Waals surface area contributed by atoms with E-state index in [0.29, 0.717) is 12.6 Å². The summed E-state index contributed by atoms with van der Waals surface area (Å²) >= 11 is 0. The van der Waals surface area contributed by atoms with Gasteiger partial charge in [0.05, 0.1) is 0 Å². The van der Waals surface area contributed by atoms with E-state index in [2.05, 4.69) is 34.9 Å². The smallest absolute Gasteiger partial charge is 0.253 e. The third-order valence-corrected chi connectivity index (χ3v) is 6.27. The Morgan fingerprint density at radius 2 is 1.50 bits per heavy atom. The van der Waals surface area contributed by atoms with Crippen LogP contribution in [0.15, 0.2) is 84.9 Å². The Morgan fingerprint density at radius 1 is 0.824 bits per heavy atom. The first-order valence-electron chi connectivity index (χ1n) is 12.3. The van der Waals surface area contributed by atoms with Gasteiger partial charge in [0.15, 0.2) is 0 Å². The van der Waals surface area contributed by atoms with Crippen LogP contribution in [0.1, 0.15) is 40.7 Å². The minimum atomic E-state index is 0.152. The minimum Gasteiger partial charge on any atom is -0.489 e. The molecule has 1 saturated heterocycles. The van der Waals surface area contributed by atoms with Gasteiger partial charge in [0.25, 0.3) is 5.91 Å². The lowest BCUT2D eigenvalue weighted by molar-refractivity contribution is 0.0705. The van der Waals surface area contributed by atoms with E-state index >= 15 is 0 Å². The summed E-state index contributed by atoms with van der Waals surface area (Å²) in [6, 6.07) is 28.6. The van der Waals surface area contributed by atoms with Crippen molar-refractivity contribution in [1.82, 2.24) is 15.5 Å². The summed E-state index contributed by atoms with van der Waals surface area (Å²) in [5, 5.41) is 7.18. The fraction of sp³-hybridized carbons (Fsp3) is 0.345. The molecule has 0 unspecified atom stereocenters. The molecule has 1 amide bonds. The predicted octanol–water partition coefficient (Wildman–Crippen LogP) is 4.64. The second-order valence-corrected chi connectivity index (χ2v) is 8.84. The maximum absolute atomic E-state index is 12.6. The van der Waals surface area contributed by atoms with Crippen molar-refractivity contribution >= 4 is 5.91 Å². The van der Waals surface area contributed by atoms with Crippen LogP contribution in [0, 0.1) is 0 Å². The van der Waals surface area contributed by atoms with Crippen molar-refractivity contribution in [3.05, 3.63) is 102 Å². The van der Waals surface area contributed by atoms with Gasteiger partial charge in [-0.05, 0) is 67.7 Å². The van der Waals surface area contributed by atoms with Crippen LogP contribution in [0.2, 0.25) is 0 Å². The first-order valence-corrected chi connectivity index (χ1v) is 12.3. The van der Waals surface area contributed by atoms with Crippen LogP contribution in [-0.4, -0.2) is 43.0 Å². The lowest BCUT2D eigenvalue weighted by Crippen LogP contribution is -2.45. The third kappa shape index (κ3) is 7.44. The van der Waals surface area contributed by atoms with Crippen molar-refractivity contribution in [2.45, 2.75) is 38.5 Å². The lowest BCUT2D eigenvalue weighted by Gasteiger charge is -2.32. The number of rotatable bonds is 11. The van der Waals surface area contributed by atoms with Crippen LogP contribution in [0.3, 0.4) is 0 Å². The number of piperidine rings is 1. The van der Waals surface area contributed by atoms with Gasteiger partial charge in [0.1, 0.15) is 12.4 Å². The first kappa shape index (κ1) is 24.0. The third-order valence-electron chi connectivity index (χ3n) is 6.27. The molecule has 0 radical (unpaired) electrons. The van der Waals surface area contributed by atoms with E-state index in [-0.39, 0.29) is 5.91 Å². The SMILES string of the molecule is O=C(c1ccccc1)N1CCC(NCCCNCc2ccc(OCc3ccccc3)cc2)CC1. The summed E-state index contributed by atoms with van der Waals surface area (Å²) in [4.78, 5) is 14.5. The molecule has 1 aliphatic rings. The summed E-state index contributed by atoms with van der Waals surface area (Å²) in [7, 11) is 0. The summed E-state index contributed by atoms with van der Waals surface area (Å²) in [5.74, 6) is 1.05. The Kier molecular flexibility index (Phi) is 9.12. The number of carbonyl (C=O) groups is 1. The number of likely N-dealkylation sites (tertiary alicyclic amines) is 1. The second-order valence-electron chi connectivity index (χ2n) is 8.84. The molecule has 0 aliphatic carbocycles. The van der Waals surface area contributed by atoms with Gasteiger partial charge in [-0.25, -0.2) is 0 Å². The fourth-order valence-electron chi connectivity index (χ4n) is 4.25. The maximum atomic E-state index is 12.6. The summed E-state index contributed by atoms with van der Waals surface area (Å²) in [6.45, 7) is 5.08. The number of benzene rings is 3. The van der Waals surface area contributed by atoms with E-state index in [1.165, 1.54) is 11.1 Å². The molecule has 0 aromatic heterocycles. The van der Waals surface area contributed by atoms with E-state index in [0.717, 1.165) is 63.3 Å². The molecular formula is C29H35N3O2. The van der Waals surface area contributed by atoms with Crippen molar-refractivity contribution in [3.63, 3.8) is 0 Å². The molecule has 0 saturated carbocycles. The summed E-state index contributed by atoms with van der Waals surface area (Å²) in [5.41, 5.74) is 3.22. The number of nitrogens with zero attached hydrogens (tertiary/aromatic N) is 1. The Labute approximate surface area is 203 Å². The van der Waals surface area contributed by atoms with Crippen molar-refractivity contribution < 1.29 is 9.53 Å². The van der Waals surface area contributed by atoms with Gasteiger partial charge >= 0.3 is 0 Å². The highest BCUT2D eigenvalue weighted by Gasteiger charge is 2.22. The Morgan fingerprint density at radius 3 is 2.21 bits per heavy atom. The zero-order valence-electron chi connectivity index (χ0n) is 19.8. The zero-order chi connectivity index (χ0) is 23.4. The topological polar surface area (TPSA) is 53.6 Å². The normalized spacial score (nSPS) is 14.2. The Bertz CT molecular complexity index is 985. The van der Waals surface area contributed by atoms with Gasteiger partial charge in [-0.3, -0.25) is 4.79 Å². The number of carbonyl (C=O) groups excluding carboxylic acids is 1. The molecule has 3 aromatic carbocycles. The lowest BCUT2D eigenvalue weighted by atomic mass is 10.0. The van der Waals surface area contributed by atoms with E-state index < -0.39 is 0 Å². The van der Waals surface area contributed by atoms with Crippen LogP contribution in [0.4, 0.5) is 0 Å².